The number of ether oxygens (including phenoxy) is 1. The molecule has 0 spiro atoms. The van der Waals surface area contributed by atoms with Crippen LogP contribution >= 0.6 is 24.0 Å². The third-order valence-electron chi connectivity index (χ3n) is 6.33. The average molecular weight is 611 g/mol. The van der Waals surface area contributed by atoms with Crippen molar-refractivity contribution in [3.05, 3.63) is 89.7 Å². The van der Waals surface area contributed by atoms with Crippen molar-refractivity contribution in [2.45, 2.75) is 26.6 Å². The van der Waals surface area contributed by atoms with E-state index < -0.39 is 6.36 Å². The number of hydrogen-bond donors (Lipinski definition) is 1. The summed E-state index contributed by atoms with van der Waals surface area (Å²) >= 11 is 6.83. The lowest BCUT2D eigenvalue weighted by atomic mass is 10.1. The van der Waals surface area contributed by atoms with Crippen molar-refractivity contribution in [2.24, 2.45) is 4.99 Å². The number of halogens is 3. The molecule has 0 aliphatic carbocycles. The van der Waals surface area contributed by atoms with E-state index in [1.165, 1.54) is 47.0 Å². The van der Waals surface area contributed by atoms with Crippen LogP contribution < -0.4 is 15.0 Å². The highest BCUT2D eigenvalue weighted by molar-refractivity contribution is 8.15. The number of anilines is 1. The maximum atomic E-state index is 12.7. The third kappa shape index (κ3) is 6.97. The number of rotatable bonds is 7. The van der Waals surface area contributed by atoms with Gasteiger partial charge in [0.15, 0.2) is 16.1 Å². The van der Waals surface area contributed by atoms with Crippen LogP contribution in [0.5, 0.6) is 5.75 Å². The molecule has 3 aromatic carbocycles. The Morgan fingerprint density at radius 1 is 1.10 bits per heavy atom. The van der Waals surface area contributed by atoms with E-state index in [1.807, 2.05) is 56.3 Å². The second-order valence-corrected chi connectivity index (χ2v) is 10.7. The number of para-hydroxylation sites is 1. The van der Waals surface area contributed by atoms with Gasteiger partial charge in [0.05, 0.1) is 17.1 Å². The molecule has 13 heteroatoms. The Kier molecular flexibility index (Phi) is 8.59. The predicted molar refractivity (Wildman–Crippen MR) is 161 cm³/mol. The molecule has 2 heterocycles. The molecule has 1 amide bonds. The number of thiocarbonyl (C=S) groups is 1. The fourth-order valence-corrected chi connectivity index (χ4v) is 5.56. The minimum atomic E-state index is -4.75. The molecule has 0 unspecified atom stereocenters. The molecule has 0 bridgehead atoms. The molecule has 0 radical (unpaired) electrons. The van der Waals surface area contributed by atoms with Gasteiger partial charge < -0.3 is 10.1 Å². The highest BCUT2D eigenvalue weighted by Crippen LogP contribution is 2.32. The van der Waals surface area contributed by atoms with Gasteiger partial charge in [-0.25, -0.2) is 9.67 Å². The molecule has 1 saturated heterocycles. The van der Waals surface area contributed by atoms with Crippen molar-refractivity contribution in [3.8, 4) is 22.8 Å². The van der Waals surface area contributed by atoms with Crippen molar-refractivity contribution in [1.29, 1.82) is 0 Å². The minimum Gasteiger partial charge on any atom is -0.406 e. The summed E-state index contributed by atoms with van der Waals surface area (Å²) in [4.78, 5) is 23.2. The molecule has 1 N–H and O–H groups in total. The van der Waals surface area contributed by atoms with Gasteiger partial charge in [0, 0.05) is 12.1 Å². The quantitative estimate of drug-likeness (QED) is 0.257. The van der Waals surface area contributed by atoms with E-state index in [1.54, 1.807) is 4.90 Å². The number of nitrogens with one attached hydrogen (secondary N) is 1. The standard InChI is InChI=1S/C29H25F3N6O2S2/c1-18-5-3-6-19(2)25(18)38-24(39)16-42-28(38)35-27(41)33-14-13-20-7-4-8-21(15-20)26-34-17-37(36-26)22-9-11-23(12-10-22)40-29(30,31)32/h3-12,15,17H,13-14,16H2,1-2H3,(H,33,41). The van der Waals surface area contributed by atoms with Gasteiger partial charge in [0.25, 0.3) is 0 Å². The Labute approximate surface area is 249 Å². The van der Waals surface area contributed by atoms with E-state index in [2.05, 4.69) is 25.1 Å². The molecule has 8 nitrogen and oxygen atoms in total. The summed E-state index contributed by atoms with van der Waals surface area (Å²) in [6.45, 7) is 4.46. The minimum absolute atomic E-state index is 0.0284. The number of aromatic nitrogens is 3. The fourth-order valence-electron chi connectivity index (χ4n) is 4.45. The lowest BCUT2D eigenvalue weighted by Gasteiger charge is -2.21. The van der Waals surface area contributed by atoms with E-state index in [9.17, 15) is 18.0 Å². The van der Waals surface area contributed by atoms with Crippen LogP contribution in [0.3, 0.4) is 0 Å². The summed E-state index contributed by atoms with van der Waals surface area (Å²) in [6.07, 6.45) is -2.61. The number of carbonyl (C=O) groups excluding carboxylic acids is 1. The molecule has 0 atom stereocenters. The Bertz CT molecular complexity index is 1630. The molecular weight excluding hydrogens is 585 g/mol. The number of amidine groups is 1. The molecular formula is C29H25F3N6O2S2. The maximum absolute atomic E-state index is 12.7. The normalized spacial score (nSPS) is 14.5. The molecule has 1 aliphatic heterocycles. The summed E-state index contributed by atoms with van der Waals surface area (Å²) in [7, 11) is 0. The van der Waals surface area contributed by atoms with Gasteiger partial charge in [-0.15, -0.1) is 18.3 Å². The second kappa shape index (κ2) is 12.3. The van der Waals surface area contributed by atoms with Gasteiger partial charge in [-0.05, 0) is 79.5 Å². The van der Waals surface area contributed by atoms with Crippen molar-refractivity contribution < 1.29 is 22.7 Å². The van der Waals surface area contributed by atoms with Crippen LogP contribution in [0.25, 0.3) is 17.1 Å². The molecule has 1 aromatic heterocycles. The van der Waals surface area contributed by atoms with Gasteiger partial charge in [-0.3, -0.25) is 9.69 Å². The lowest BCUT2D eigenvalue weighted by molar-refractivity contribution is -0.274. The van der Waals surface area contributed by atoms with Crippen LogP contribution in [0, 0.1) is 13.8 Å². The van der Waals surface area contributed by atoms with Crippen molar-refractivity contribution in [3.63, 3.8) is 0 Å². The van der Waals surface area contributed by atoms with Crippen LogP contribution in [-0.2, 0) is 11.2 Å². The monoisotopic (exact) mass is 610 g/mol. The number of hydrogen-bond acceptors (Lipinski definition) is 6. The Morgan fingerprint density at radius 2 is 1.81 bits per heavy atom. The number of benzene rings is 3. The Morgan fingerprint density at radius 3 is 2.52 bits per heavy atom. The number of thioether (sulfide) groups is 1. The Balaban J connectivity index is 1.20. The van der Waals surface area contributed by atoms with Crippen molar-refractivity contribution >= 4 is 45.9 Å². The molecule has 42 heavy (non-hydrogen) atoms. The zero-order valence-corrected chi connectivity index (χ0v) is 24.2. The number of amides is 1. The summed E-state index contributed by atoms with van der Waals surface area (Å²) in [6, 6.07) is 19.0. The van der Waals surface area contributed by atoms with Gasteiger partial charge in [0.1, 0.15) is 12.1 Å². The smallest absolute Gasteiger partial charge is 0.406 e. The van der Waals surface area contributed by atoms with Crippen LogP contribution in [0.15, 0.2) is 78.0 Å². The highest BCUT2D eigenvalue weighted by Gasteiger charge is 2.32. The molecule has 5 rings (SSSR count). The first kappa shape index (κ1) is 29.3. The van der Waals surface area contributed by atoms with Crippen LogP contribution in [0.4, 0.5) is 18.9 Å². The molecule has 1 fully saturated rings. The van der Waals surface area contributed by atoms with Crippen molar-refractivity contribution in [2.75, 3.05) is 17.2 Å². The third-order valence-corrected chi connectivity index (χ3v) is 7.49. The van der Waals surface area contributed by atoms with Gasteiger partial charge in [-0.2, -0.15) is 4.99 Å². The highest BCUT2D eigenvalue weighted by atomic mass is 32.2. The number of alkyl halides is 3. The van der Waals surface area contributed by atoms with E-state index in [0.29, 0.717) is 40.5 Å². The number of aryl methyl sites for hydroxylation is 2. The SMILES string of the molecule is Cc1cccc(C)c1N1C(=O)CSC1=NC(=S)NCCc1cccc(-c2ncn(-c3ccc(OC(F)(F)F)cc3)n2)c1. The van der Waals surface area contributed by atoms with Gasteiger partial charge in [-0.1, -0.05) is 48.2 Å². The molecule has 1 aliphatic rings. The maximum Gasteiger partial charge on any atom is 0.573 e. The van der Waals surface area contributed by atoms with E-state index in [4.69, 9.17) is 12.2 Å². The largest absolute Gasteiger partial charge is 0.573 e. The van der Waals surface area contributed by atoms with E-state index >= 15 is 0 Å². The zero-order valence-electron chi connectivity index (χ0n) is 22.6. The lowest BCUT2D eigenvalue weighted by Crippen LogP contribution is -2.32. The van der Waals surface area contributed by atoms with E-state index in [0.717, 1.165) is 27.9 Å². The predicted octanol–water partition coefficient (Wildman–Crippen LogP) is 6.00. The second-order valence-electron chi connectivity index (χ2n) is 9.39. The number of aliphatic imine (C=N–C) groups is 1. The van der Waals surface area contributed by atoms with Crippen LogP contribution in [0.1, 0.15) is 16.7 Å². The average Bonchev–Trinajstić information content (AvgIpc) is 3.56. The number of nitrogens with zero attached hydrogens (tertiary/aromatic N) is 5. The molecule has 216 valence electrons. The van der Waals surface area contributed by atoms with Crippen LogP contribution in [0.2, 0.25) is 0 Å². The first-order valence-corrected chi connectivity index (χ1v) is 14.2. The first-order chi connectivity index (χ1) is 20.1. The first-order valence-electron chi connectivity index (χ1n) is 12.8. The van der Waals surface area contributed by atoms with E-state index in [-0.39, 0.29) is 11.7 Å². The molecule has 4 aromatic rings. The van der Waals surface area contributed by atoms with Gasteiger partial charge in [0.2, 0.25) is 5.91 Å². The summed E-state index contributed by atoms with van der Waals surface area (Å²) in [5, 5.41) is 8.47. The summed E-state index contributed by atoms with van der Waals surface area (Å²) in [5.74, 6) is 0.438. The summed E-state index contributed by atoms with van der Waals surface area (Å²) in [5.41, 5.74) is 5.17. The Hall–Kier alpha value is -4.23. The fraction of sp³-hybridized carbons (Fsp3) is 0.207. The van der Waals surface area contributed by atoms with Gasteiger partial charge >= 0.3 is 6.36 Å². The molecule has 0 saturated carbocycles. The zero-order chi connectivity index (χ0) is 29.9. The summed E-state index contributed by atoms with van der Waals surface area (Å²) < 4.78 is 42.6. The topological polar surface area (TPSA) is 84.6 Å². The number of carbonyl (C=O) groups is 1. The van der Waals surface area contributed by atoms with Crippen molar-refractivity contribution in [1.82, 2.24) is 20.1 Å². The van der Waals surface area contributed by atoms with Crippen LogP contribution in [-0.4, -0.2) is 49.6 Å².